The van der Waals surface area contributed by atoms with Crippen molar-refractivity contribution in [2.45, 2.75) is 13.0 Å². The Labute approximate surface area is 117 Å². The molecule has 0 aliphatic heterocycles. The zero-order valence-corrected chi connectivity index (χ0v) is 11.8. The molecule has 1 aromatic rings. The summed E-state index contributed by atoms with van der Waals surface area (Å²) in [5, 5.41) is 13.8. The molecule has 0 aliphatic carbocycles. The Morgan fingerprint density at radius 1 is 1.50 bits per heavy atom. The average Bonchev–Trinajstić information content (AvgIpc) is 2.30. The highest BCUT2D eigenvalue weighted by molar-refractivity contribution is 6.34. The Bertz CT molecular complexity index is 410. The first-order valence-electron chi connectivity index (χ1n) is 5.60. The van der Waals surface area contributed by atoms with Gasteiger partial charge in [0.2, 0.25) is 0 Å². The van der Waals surface area contributed by atoms with Gasteiger partial charge < -0.3 is 15.2 Å². The van der Waals surface area contributed by atoms with Crippen LogP contribution in [0.3, 0.4) is 0 Å². The number of aliphatic hydroxyl groups is 1. The minimum atomic E-state index is -0.612. The molecule has 3 nitrogen and oxygen atoms in total. The largest absolute Gasteiger partial charge is 0.489 e. The average molecular weight is 290 g/mol. The summed E-state index contributed by atoms with van der Waals surface area (Å²) in [7, 11) is 0. The summed E-state index contributed by atoms with van der Waals surface area (Å²) < 4.78 is 5.41. The molecule has 0 amide bonds. The first-order chi connectivity index (χ1) is 8.49. The zero-order valence-electron chi connectivity index (χ0n) is 10.2. The molecule has 0 saturated heterocycles. The minimum Gasteiger partial charge on any atom is -0.489 e. The molecule has 5 heteroatoms. The Hall–Kier alpha value is -0.740. The van der Waals surface area contributed by atoms with E-state index in [0.29, 0.717) is 28.9 Å². The van der Waals surface area contributed by atoms with Crippen molar-refractivity contribution in [3.05, 3.63) is 40.4 Å². The van der Waals surface area contributed by atoms with Gasteiger partial charge in [0.15, 0.2) is 0 Å². The number of aliphatic hydroxyl groups excluding tert-OH is 1. The summed E-state index contributed by atoms with van der Waals surface area (Å²) in [5.41, 5.74) is 1.01. The molecule has 1 aromatic carbocycles. The van der Waals surface area contributed by atoms with Crippen LogP contribution in [-0.4, -0.2) is 30.9 Å². The van der Waals surface area contributed by atoms with Gasteiger partial charge in [0.25, 0.3) is 0 Å². The molecule has 0 radical (unpaired) electrons. The molecule has 18 heavy (non-hydrogen) atoms. The summed E-state index contributed by atoms with van der Waals surface area (Å²) >= 11 is 11.8. The number of nitrogens with one attached hydrogen (secondary N) is 1. The van der Waals surface area contributed by atoms with Crippen LogP contribution in [0.1, 0.15) is 6.92 Å². The molecule has 2 N–H and O–H groups in total. The first kappa shape index (κ1) is 15.3. The lowest BCUT2D eigenvalue weighted by Gasteiger charge is -2.14. The van der Waals surface area contributed by atoms with Crippen molar-refractivity contribution < 1.29 is 9.84 Å². The van der Waals surface area contributed by atoms with E-state index in [-0.39, 0.29) is 6.61 Å². The van der Waals surface area contributed by atoms with Crippen LogP contribution in [-0.2, 0) is 0 Å². The number of halogens is 2. The fraction of sp³-hybridized carbons (Fsp3) is 0.385. The third-order valence-corrected chi connectivity index (χ3v) is 2.68. The molecule has 0 saturated carbocycles. The van der Waals surface area contributed by atoms with E-state index >= 15 is 0 Å². The molecule has 0 aromatic heterocycles. The van der Waals surface area contributed by atoms with Crippen molar-refractivity contribution in [3.8, 4) is 5.75 Å². The third kappa shape index (κ3) is 5.74. The van der Waals surface area contributed by atoms with Crippen molar-refractivity contribution in [1.29, 1.82) is 0 Å². The first-order valence-corrected chi connectivity index (χ1v) is 6.35. The molecule has 0 spiro atoms. The van der Waals surface area contributed by atoms with E-state index in [4.69, 9.17) is 27.9 Å². The molecule has 1 rings (SSSR count). The van der Waals surface area contributed by atoms with Gasteiger partial charge in [-0.05, 0) is 19.1 Å². The molecule has 1 unspecified atom stereocenters. The van der Waals surface area contributed by atoms with Crippen molar-refractivity contribution in [3.63, 3.8) is 0 Å². The van der Waals surface area contributed by atoms with E-state index in [2.05, 4.69) is 11.9 Å². The Balaban J connectivity index is 2.35. The molecular formula is C13H17Cl2NO2. The topological polar surface area (TPSA) is 41.5 Å². The molecular weight excluding hydrogens is 273 g/mol. The number of rotatable bonds is 7. The highest BCUT2D eigenvalue weighted by Crippen LogP contribution is 2.27. The van der Waals surface area contributed by atoms with Crippen molar-refractivity contribution in [1.82, 2.24) is 5.32 Å². The smallest absolute Gasteiger partial charge is 0.139 e. The monoisotopic (exact) mass is 289 g/mol. The van der Waals surface area contributed by atoms with Gasteiger partial charge in [-0.2, -0.15) is 0 Å². The van der Waals surface area contributed by atoms with Crippen molar-refractivity contribution in [2.75, 3.05) is 19.7 Å². The number of ether oxygens (including phenoxy) is 1. The molecule has 0 heterocycles. The Morgan fingerprint density at radius 2 is 2.22 bits per heavy atom. The van der Waals surface area contributed by atoms with Gasteiger partial charge in [-0.3, -0.25) is 0 Å². The fourth-order valence-electron chi connectivity index (χ4n) is 1.28. The number of hydrogen-bond donors (Lipinski definition) is 2. The van der Waals surface area contributed by atoms with Crippen LogP contribution in [0.5, 0.6) is 5.75 Å². The van der Waals surface area contributed by atoms with Gasteiger partial charge in [-0.25, -0.2) is 0 Å². The van der Waals surface area contributed by atoms with Gasteiger partial charge in [0, 0.05) is 24.2 Å². The molecule has 100 valence electrons. The van der Waals surface area contributed by atoms with Crippen LogP contribution >= 0.6 is 23.2 Å². The summed E-state index contributed by atoms with van der Waals surface area (Å²) in [6.45, 7) is 6.94. The number of hydrogen-bond acceptors (Lipinski definition) is 3. The summed E-state index contributed by atoms with van der Waals surface area (Å²) in [6, 6.07) is 4.96. The Kier molecular flexibility index (Phi) is 6.50. The normalized spacial score (nSPS) is 12.2. The quantitative estimate of drug-likeness (QED) is 0.759. The summed E-state index contributed by atoms with van der Waals surface area (Å²) in [6.07, 6.45) is -0.612. The maximum atomic E-state index is 9.69. The minimum absolute atomic E-state index is 0.156. The van der Waals surface area contributed by atoms with Crippen LogP contribution in [0.15, 0.2) is 30.4 Å². The fourth-order valence-corrected chi connectivity index (χ4v) is 1.62. The maximum Gasteiger partial charge on any atom is 0.139 e. The third-order valence-electron chi connectivity index (χ3n) is 2.13. The number of benzene rings is 1. The van der Waals surface area contributed by atoms with Crippen molar-refractivity contribution in [2.24, 2.45) is 0 Å². The second-order valence-electron chi connectivity index (χ2n) is 4.13. The van der Waals surface area contributed by atoms with Gasteiger partial charge in [-0.1, -0.05) is 35.4 Å². The molecule has 0 bridgehead atoms. The van der Waals surface area contributed by atoms with Gasteiger partial charge >= 0.3 is 0 Å². The van der Waals surface area contributed by atoms with Crippen LogP contribution in [0.25, 0.3) is 0 Å². The van der Waals surface area contributed by atoms with E-state index in [1.807, 2.05) is 6.92 Å². The standard InChI is InChI=1S/C13H17Cl2NO2/c1-9(2)6-16-7-11(17)8-18-13-5-10(14)3-4-12(13)15/h3-5,11,16-17H,1,6-8H2,2H3. The lowest BCUT2D eigenvalue weighted by molar-refractivity contribution is 0.107. The summed E-state index contributed by atoms with van der Waals surface area (Å²) in [5.74, 6) is 0.475. The Morgan fingerprint density at radius 3 is 2.89 bits per heavy atom. The molecule has 1 atom stereocenters. The van der Waals surface area contributed by atoms with E-state index in [9.17, 15) is 5.11 Å². The zero-order chi connectivity index (χ0) is 13.5. The molecule has 0 fully saturated rings. The second kappa shape index (κ2) is 7.64. The van der Waals surface area contributed by atoms with Crippen LogP contribution < -0.4 is 10.1 Å². The SMILES string of the molecule is C=C(C)CNCC(O)COc1cc(Cl)ccc1Cl. The van der Waals surface area contributed by atoms with E-state index in [1.165, 1.54) is 0 Å². The van der Waals surface area contributed by atoms with Gasteiger partial charge in [0.1, 0.15) is 18.5 Å². The molecule has 0 aliphatic rings. The predicted octanol–water partition coefficient (Wildman–Crippen LogP) is 2.90. The van der Waals surface area contributed by atoms with Gasteiger partial charge in [0.05, 0.1) is 5.02 Å². The van der Waals surface area contributed by atoms with Crippen LogP contribution in [0.2, 0.25) is 10.0 Å². The highest BCUT2D eigenvalue weighted by Gasteiger charge is 2.07. The van der Waals surface area contributed by atoms with Crippen LogP contribution in [0.4, 0.5) is 0 Å². The van der Waals surface area contributed by atoms with E-state index in [0.717, 1.165) is 5.57 Å². The van der Waals surface area contributed by atoms with E-state index < -0.39 is 6.10 Å². The van der Waals surface area contributed by atoms with Gasteiger partial charge in [-0.15, -0.1) is 0 Å². The lowest BCUT2D eigenvalue weighted by atomic mass is 10.3. The van der Waals surface area contributed by atoms with Crippen molar-refractivity contribution >= 4 is 23.2 Å². The predicted molar refractivity (Wildman–Crippen MR) is 75.6 cm³/mol. The van der Waals surface area contributed by atoms with E-state index in [1.54, 1.807) is 18.2 Å². The van der Waals surface area contributed by atoms with Crippen LogP contribution in [0, 0.1) is 0 Å². The maximum absolute atomic E-state index is 9.69. The second-order valence-corrected chi connectivity index (χ2v) is 4.97. The lowest BCUT2D eigenvalue weighted by Crippen LogP contribution is -2.32. The highest BCUT2D eigenvalue weighted by atomic mass is 35.5. The summed E-state index contributed by atoms with van der Waals surface area (Å²) in [4.78, 5) is 0.